The van der Waals surface area contributed by atoms with E-state index in [0.717, 1.165) is 11.4 Å². The second kappa shape index (κ2) is 13.6. The van der Waals surface area contributed by atoms with Crippen LogP contribution in [0.3, 0.4) is 0 Å². The smallest absolute Gasteiger partial charge is 0.197 e. The molecular weight excluding hydrogens is 860 g/mol. The molecular formula is C63H54BN2S2. The minimum absolute atomic E-state index is 0.0620. The van der Waals surface area contributed by atoms with Gasteiger partial charge in [-0.2, -0.15) is 0 Å². The number of nitrogens with zero attached hydrogens (tertiary/aromatic N) is 1. The Hall–Kier alpha value is -6.14. The number of anilines is 2. The van der Waals surface area contributed by atoms with Gasteiger partial charge in [-0.3, -0.25) is 0 Å². The van der Waals surface area contributed by atoms with Crippen molar-refractivity contribution in [3.8, 4) is 27.9 Å². The minimum Gasteiger partial charge on any atom is -0.355 e. The van der Waals surface area contributed by atoms with Crippen LogP contribution in [0.4, 0.5) is 11.4 Å². The van der Waals surface area contributed by atoms with Crippen molar-refractivity contribution < 1.29 is 0 Å². The zero-order chi connectivity index (χ0) is 46.4. The maximum Gasteiger partial charge on any atom is 0.197 e. The first-order chi connectivity index (χ1) is 32.6. The predicted molar refractivity (Wildman–Crippen MR) is 298 cm³/mol. The first-order valence-corrected chi connectivity index (χ1v) is 26.2. The molecule has 1 N–H and O–H groups in total. The summed E-state index contributed by atoms with van der Waals surface area (Å²) in [6, 6.07) is 51.7. The van der Waals surface area contributed by atoms with Crippen LogP contribution in [0.1, 0.15) is 103 Å². The van der Waals surface area contributed by atoms with E-state index in [-0.39, 0.29) is 21.7 Å². The number of benzene rings is 8. The molecule has 5 heteroatoms. The highest BCUT2D eigenvalue weighted by Crippen LogP contribution is 2.56. The van der Waals surface area contributed by atoms with Crippen molar-refractivity contribution in [2.24, 2.45) is 0 Å². The highest BCUT2D eigenvalue weighted by atomic mass is 32.1. The summed E-state index contributed by atoms with van der Waals surface area (Å²) in [4.78, 5) is 0. The van der Waals surface area contributed by atoms with Gasteiger partial charge in [0.1, 0.15) is 0 Å². The Balaban J connectivity index is 1.16. The van der Waals surface area contributed by atoms with Gasteiger partial charge in [0.2, 0.25) is 0 Å². The number of aromatic nitrogens is 1. The van der Waals surface area contributed by atoms with Crippen LogP contribution in [0.15, 0.2) is 133 Å². The van der Waals surface area contributed by atoms with Crippen LogP contribution in [-0.2, 0) is 21.7 Å². The van der Waals surface area contributed by atoms with Crippen LogP contribution in [0, 0.1) is 0 Å². The van der Waals surface area contributed by atoms with E-state index in [9.17, 15) is 0 Å². The van der Waals surface area contributed by atoms with Gasteiger partial charge in [0.05, 0.1) is 11.0 Å². The summed E-state index contributed by atoms with van der Waals surface area (Å²) in [5, 5.41) is 12.2. The fraction of sp³-hybridized carbons (Fsp3) is 0.238. The molecule has 4 heterocycles. The fourth-order valence-electron chi connectivity index (χ4n) is 12.7. The van der Waals surface area contributed by atoms with E-state index in [1.54, 1.807) is 0 Å². The number of nitrogens with one attached hydrogen (secondary N) is 1. The van der Waals surface area contributed by atoms with E-state index >= 15 is 0 Å². The van der Waals surface area contributed by atoms with E-state index in [2.05, 4.69) is 213 Å². The number of thiophene rings is 2. The largest absolute Gasteiger partial charge is 0.355 e. The lowest BCUT2D eigenvalue weighted by molar-refractivity contribution is 0.332. The van der Waals surface area contributed by atoms with Gasteiger partial charge >= 0.3 is 0 Å². The van der Waals surface area contributed by atoms with Crippen molar-refractivity contribution in [1.82, 2.24) is 4.57 Å². The third kappa shape index (κ3) is 5.52. The summed E-state index contributed by atoms with van der Waals surface area (Å²) in [6.07, 6.45) is 2.35. The van der Waals surface area contributed by atoms with Gasteiger partial charge in [0.25, 0.3) is 0 Å². The van der Waals surface area contributed by atoms with E-state index in [1.807, 2.05) is 22.7 Å². The van der Waals surface area contributed by atoms with Crippen LogP contribution in [-0.4, -0.2) is 11.8 Å². The molecule has 0 bridgehead atoms. The molecule has 3 aromatic heterocycles. The highest BCUT2D eigenvalue weighted by molar-refractivity contribution is 7.27. The van der Waals surface area contributed by atoms with Crippen LogP contribution in [0.25, 0.3) is 90.1 Å². The molecule has 2 aliphatic carbocycles. The van der Waals surface area contributed by atoms with Crippen molar-refractivity contribution >= 4 is 114 Å². The summed E-state index contributed by atoms with van der Waals surface area (Å²) in [7, 11) is 2.58. The second-order valence-electron chi connectivity index (χ2n) is 23.0. The SMILES string of the molecule is CC(C)(C)c1ccc(Nc2cc3c(cc2-c2c4c5c(c6cc7c(cc6n5-c5cc6sc8ccccc8c6cc5[B]4)C(C)(C)CCC7(C)C)c4sc5ccccc5c24)C(C)(C)c2ccccc2-3)cc1. The van der Waals surface area contributed by atoms with Gasteiger partial charge in [-0.1, -0.05) is 147 Å². The maximum atomic E-state index is 4.10. The first-order valence-electron chi connectivity index (χ1n) is 24.5. The Morgan fingerprint density at radius 3 is 1.99 bits per heavy atom. The third-order valence-electron chi connectivity index (χ3n) is 16.6. The number of rotatable bonds is 3. The molecule has 1 aliphatic heterocycles. The zero-order valence-electron chi connectivity index (χ0n) is 40.5. The lowest BCUT2D eigenvalue weighted by Gasteiger charge is -2.42. The highest BCUT2D eigenvalue weighted by Gasteiger charge is 2.41. The van der Waals surface area contributed by atoms with E-state index in [1.165, 1.54) is 142 Å². The molecule has 0 atom stereocenters. The molecule has 14 rings (SSSR count). The molecule has 0 amide bonds. The average molecular weight is 914 g/mol. The monoisotopic (exact) mass is 913 g/mol. The second-order valence-corrected chi connectivity index (χ2v) is 25.2. The van der Waals surface area contributed by atoms with Gasteiger partial charge in [-0.15, -0.1) is 22.7 Å². The maximum absolute atomic E-state index is 4.10. The summed E-state index contributed by atoms with van der Waals surface area (Å²) in [6.45, 7) is 21.6. The molecule has 3 aliphatic rings. The predicted octanol–water partition coefficient (Wildman–Crippen LogP) is 16.9. The zero-order valence-corrected chi connectivity index (χ0v) is 42.1. The third-order valence-corrected chi connectivity index (χ3v) is 18.9. The average Bonchev–Trinajstić information content (AvgIpc) is 4.04. The Morgan fingerprint density at radius 1 is 0.559 bits per heavy atom. The summed E-state index contributed by atoms with van der Waals surface area (Å²) in [5.74, 6) is 0. The summed E-state index contributed by atoms with van der Waals surface area (Å²) >= 11 is 3.90. The molecule has 331 valence electrons. The van der Waals surface area contributed by atoms with Crippen molar-refractivity contribution in [2.45, 2.75) is 96.8 Å². The summed E-state index contributed by atoms with van der Waals surface area (Å²) < 4.78 is 8.08. The van der Waals surface area contributed by atoms with Crippen molar-refractivity contribution in [3.05, 3.63) is 161 Å². The first kappa shape index (κ1) is 40.9. The molecule has 1 radical (unpaired) electrons. The number of fused-ring (bicyclic) bond motifs is 16. The normalized spacial score (nSPS) is 16.4. The van der Waals surface area contributed by atoms with Gasteiger partial charge in [0, 0.05) is 73.8 Å². The summed E-state index contributed by atoms with van der Waals surface area (Å²) in [5.41, 5.74) is 21.0. The minimum atomic E-state index is -0.180. The van der Waals surface area contributed by atoms with Crippen molar-refractivity contribution in [3.63, 3.8) is 0 Å². The molecule has 8 aromatic carbocycles. The van der Waals surface area contributed by atoms with E-state index in [4.69, 9.17) is 0 Å². The van der Waals surface area contributed by atoms with Gasteiger partial charge in [0.15, 0.2) is 7.28 Å². The van der Waals surface area contributed by atoms with Gasteiger partial charge in [-0.05, 0) is 139 Å². The Labute approximate surface area is 407 Å². The lowest BCUT2D eigenvalue weighted by atomic mass is 9.58. The van der Waals surface area contributed by atoms with Gasteiger partial charge in [-0.25, -0.2) is 0 Å². The molecule has 0 saturated carbocycles. The Kier molecular flexibility index (Phi) is 8.15. The van der Waals surface area contributed by atoms with Crippen molar-refractivity contribution in [1.29, 1.82) is 0 Å². The van der Waals surface area contributed by atoms with E-state index in [0.29, 0.717) is 0 Å². The van der Waals surface area contributed by atoms with E-state index < -0.39 is 0 Å². The molecule has 0 fully saturated rings. The van der Waals surface area contributed by atoms with Crippen LogP contribution in [0.2, 0.25) is 0 Å². The van der Waals surface area contributed by atoms with Crippen molar-refractivity contribution in [2.75, 3.05) is 5.32 Å². The standard InChI is InChI=1S/C63H54BN2S2/c1-60(2,3)34-22-24-35(25-23-34)65-48-31-39-36-16-10-13-19-43(36)63(8,9)44(39)28-41(48)54-55-38-18-12-15-21-52(38)68-59(55)56-42-29-45-46(62(6,7)27-26-61(45,4)5)32-49(42)66-50-33-53-40(30-47(50)64-57(54)58(56)66)37-17-11-14-20-51(37)67-53/h10-25,28-33,65H,26-27H2,1-9H3. The topological polar surface area (TPSA) is 17.0 Å². The fourth-order valence-corrected chi connectivity index (χ4v) is 15.1. The molecule has 0 saturated heterocycles. The number of hydrogen-bond acceptors (Lipinski definition) is 3. The van der Waals surface area contributed by atoms with Crippen LogP contribution >= 0.6 is 22.7 Å². The molecule has 11 aromatic rings. The van der Waals surface area contributed by atoms with Crippen LogP contribution in [0.5, 0.6) is 0 Å². The Morgan fingerprint density at radius 2 is 1.24 bits per heavy atom. The quantitative estimate of drug-likeness (QED) is 0.175. The number of hydrogen-bond donors (Lipinski definition) is 1. The van der Waals surface area contributed by atoms with Crippen LogP contribution < -0.4 is 16.2 Å². The molecule has 68 heavy (non-hydrogen) atoms. The van der Waals surface area contributed by atoms with Gasteiger partial charge < -0.3 is 9.88 Å². The molecule has 2 nitrogen and oxygen atoms in total. The molecule has 0 unspecified atom stereocenters. The lowest BCUT2D eigenvalue weighted by Crippen LogP contribution is -2.37. The Bertz CT molecular complexity index is 4030. The molecule has 0 spiro atoms.